The molecule has 1 N–H and O–H groups in total. The molecule has 0 aromatic carbocycles. The van der Waals surface area contributed by atoms with Gasteiger partial charge in [-0.15, -0.1) is 0 Å². The topological polar surface area (TPSA) is 65.8 Å². The van der Waals surface area contributed by atoms with Crippen molar-refractivity contribution in [3.8, 4) is 6.07 Å². The standard InChI is InChI=1S/C11H9Cl2N3OS/c1-3-4-7(6(2)5-14)15-11(17)9-8(12)10(13)16-18-9/h3-4H,1-2H3,(H,15,17). The fourth-order valence-corrected chi connectivity index (χ4v) is 2.18. The first-order chi connectivity index (χ1) is 8.51. The van der Waals surface area contributed by atoms with E-state index in [-0.39, 0.29) is 15.1 Å². The minimum absolute atomic E-state index is 0.0976. The van der Waals surface area contributed by atoms with Crippen molar-refractivity contribution in [2.75, 3.05) is 0 Å². The van der Waals surface area contributed by atoms with Crippen LogP contribution in [0.5, 0.6) is 0 Å². The number of aromatic nitrogens is 1. The maximum absolute atomic E-state index is 11.9. The van der Waals surface area contributed by atoms with Crippen molar-refractivity contribution in [1.29, 1.82) is 5.26 Å². The van der Waals surface area contributed by atoms with Gasteiger partial charge in [-0.2, -0.15) is 9.64 Å². The Morgan fingerprint density at radius 3 is 2.67 bits per heavy atom. The SMILES string of the molecule is CC=CC(NC(=O)c1snc(Cl)c1Cl)=C(C)C#N. The summed E-state index contributed by atoms with van der Waals surface area (Å²) in [7, 11) is 0. The molecule has 1 rings (SSSR count). The van der Waals surface area contributed by atoms with E-state index in [1.54, 1.807) is 26.0 Å². The van der Waals surface area contributed by atoms with Gasteiger partial charge in [0, 0.05) is 5.57 Å². The van der Waals surface area contributed by atoms with Crippen molar-refractivity contribution < 1.29 is 4.79 Å². The van der Waals surface area contributed by atoms with Gasteiger partial charge in [0.1, 0.15) is 9.90 Å². The summed E-state index contributed by atoms with van der Waals surface area (Å²) >= 11 is 12.4. The molecule has 1 aromatic heterocycles. The lowest BCUT2D eigenvalue weighted by atomic mass is 10.2. The predicted octanol–water partition coefficient (Wildman–Crippen LogP) is 3.55. The summed E-state index contributed by atoms with van der Waals surface area (Å²) in [6.45, 7) is 3.39. The third-order valence-corrected chi connectivity index (χ3v) is 3.75. The lowest BCUT2D eigenvalue weighted by molar-refractivity contribution is 0.0971. The molecule has 4 nitrogen and oxygen atoms in total. The Kier molecular flexibility index (Phi) is 5.35. The van der Waals surface area contributed by atoms with E-state index in [0.717, 1.165) is 11.5 Å². The number of carbonyl (C=O) groups is 1. The Morgan fingerprint density at radius 1 is 1.56 bits per heavy atom. The number of halogens is 2. The Bertz CT molecular complexity index is 569. The van der Waals surface area contributed by atoms with E-state index in [9.17, 15) is 4.79 Å². The molecule has 0 saturated carbocycles. The van der Waals surface area contributed by atoms with Crippen LogP contribution in [0.3, 0.4) is 0 Å². The van der Waals surface area contributed by atoms with E-state index in [1.807, 2.05) is 6.07 Å². The lowest BCUT2D eigenvalue weighted by Crippen LogP contribution is -2.22. The first kappa shape index (κ1) is 14.7. The summed E-state index contributed by atoms with van der Waals surface area (Å²) in [5.74, 6) is -0.438. The van der Waals surface area contributed by atoms with Crippen LogP contribution in [0.1, 0.15) is 23.5 Å². The van der Waals surface area contributed by atoms with Crippen LogP contribution in [-0.4, -0.2) is 10.3 Å². The van der Waals surface area contributed by atoms with Crippen LogP contribution >= 0.6 is 34.7 Å². The second kappa shape index (κ2) is 6.55. The molecular formula is C11H9Cl2N3OS. The minimum Gasteiger partial charge on any atom is -0.320 e. The van der Waals surface area contributed by atoms with Crippen LogP contribution in [0.2, 0.25) is 10.2 Å². The molecule has 18 heavy (non-hydrogen) atoms. The number of carbonyl (C=O) groups excluding carboxylic acids is 1. The average molecular weight is 302 g/mol. The van der Waals surface area contributed by atoms with Crippen LogP contribution in [0.25, 0.3) is 0 Å². The Hall–Kier alpha value is -1.35. The number of hydrogen-bond donors (Lipinski definition) is 1. The number of allylic oxidation sites excluding steroid dienone is 3. The number of amides is 1. The maximum atomic E-state index is 11.9. The molecule has 0 atom stereocenters. The van der Waals surface area contributed by atoms with Crippen molar-refractivity contribution in [1.82, 2.24) is 9.69 Å². The van der Waals surface area contributed by atoms with Gasteiger partial charge in [-0.3, -0.25) is 4.79 Å². The molecule has 0 aliphatic heterocycles. The Morgan fingerprint density at radius 2 is 2.22 bits per heavy atom. The Labute approximate surface area is 119 Å². The fourth-order valence-electron chi connectivity index (χ4n) is 1.07. The highest BCUT2D eigenvalue weighted by Crippen LogP contribution is 2.28. The van der Waals surface area contributed by atoms with Crippen LogP contribution < -0.4 is 5.32 Å². The first-order valence-corrected chi connectivity index (χ1v) is 6.39. The molecule has 1 heterocycles. The van der Waals surface area contributed by atoms with Gasteiger partial charge in [0.05, 0.1) is 11.8 Å². The van der Waals surface area contributed by atoms with Crippen molar-refractivity contribution in [3.05, 3.63) is 38.5 Å². The van der Waals surface area contributed by atoms with Crippen molar-refractivity contribution in [3.63, 3.8) is 0 Å². The third kappa shape index (κ3) is 3.33. The number of hydrogen-bond acceptors (Lipinski definition) is 4. The molecule has 0 aliphatic rings. The van der Waals surface area contributed by atoms with Crippen LogP contribution in [0.4, 0.5) is 0 Å². The van der Waals surface area contributed by atoms with E-state index < -0.39 is 5.91 Å². The van der Waals surface area contributed by atoms with Crippen LogP contribution in [0.15, 0.2) is 23.4 Å². The minimum atomic E-state index is -0.438. The van der Waals surface area contributed by atoms with E-state index in [2.05, 4.69) is 9.69 Å². The van der Waals surface area contributed by atoms with E-state index >= 15 is 0 Å². The van der Waals surface area contributed by atoms with Gasteiger partial charge in [-0.1, -0.05) is 29.3 Å². The van der Waals surface area contributed by atoms with E-state index in [1.165, 1.54) is 0 Å². The average Bonchev–Trinajstić information content (AvgIpc) is 2.68. The largest absolute Gasteiger partial charge is 0.320 e. The van der Waals surface area contributed by atoms with Crippen molar-refractivity contribution in [2.45, 2.75) is 13.8 Å². The van der Waals surface area contributed by atoms with Gasteiger partial charge >= 0.3 is 0 Å². The van der Waals surface area contributed by atoms with E-state index in [4.69, 9.17) is 28.5 Å². The monoisotopic (exact) mass is 301 g/mol. The van der Waals surface area contributed by atoms with Gasteiger partial charge < -0.3 is 5.32 Å². The molecule has 94 valence electrons. The molecule has 7 heteroatoms. The molecule has 0 saturated heterocycles. The van der Waals surface area contributed by atoms with Crippen molar-refractivity contribution in [2.24, 2.45) is 0 Å². The molecule has 0 bridgehead atoms. The summed E-state index contributed by atoms with van der Waals surface area (Å²) < 4.78 is 3.77. The highest BCUT2D eigenvalue weighted by atomic mass is 35.5. The second-order valence-electron chi connectivity index (χ2n) is 3.22. The second-order valence-corrected chi connectivity index (χ2v) is 4.73. The summed E-state index contributed by atoms with van der Waals surface area (Å²) in [4.78, 5) is 12.1. The molecule has 1 amide bonds. The number of rotatable bonds is 3. The molecule has 0 fully saturated rings. The first-order valence-electron chi connectivity index (χ1n) is 4.87. The summed E-state index contributed by atoms with van der Waals surface area (Å²) in [6, 6.07) is 1.97. The number of nitrogens with one attached hydrogen (secondary N) is 1. The van der Waals surface area contributed by atoms with Gasteiger partial charge in [0.2, 0.25) is 0 Å². The third-order valence-electron chi connectivity index (χ3n) is 1.96. The van der Waals surface area contributed by atoms with Gasteiger partial charge in [-0.05, 0) is 31.5 Å². The van der Waals surface area contributed by atoms with Gasteiger partial charge in [-0.25, -0.2) is 0 Å². The molecule has 1 aromatic rings. The molecule has 0 radical (unpaired) electrons. The predicted molar refractivity (Wildman–Crippen MR) is 72.7 cm³/mol. The number of nitriles is 1. The van der Waals surface area contributed by atoms with Gasteiger partial charge in [0.25, 0.3) is 5.91 Å². The Balaban J connectivity index is 3.01. The zero-order valence-corrected chi connectivity index (χ0v) is 11.9. The van der Waals surface area contributed by atoms with E-state index in [0.29, 0.717) is 11.3 Å². The highest BCUT2D eigenvalue weighted by molar-refractivity contribution is 7.09. The highest BCUT2D eigenvalue weighted by Gasteiger charge is 2.18. The summed E-state index contributed by atoms with van der Waals surface area (Å²) in [6.07, 6.45) is 3.35. The maximum Gasteiger partial charge on any atom is 0.268 e. The molecule has 0 unspecified atom stereocenters. The quantitative estimate of drug-likeness (QED) is 0.686. The molecule has 0 spiro atoms. The summed E-state index contributed by atoms with van der Waals surface area (Å²) in [5.41, 5.74) is 0.818. The zero-order chi connectivity index (χ0) is 13.7. The molecular weight excluding hydrogens is 293 g/mol. The zero-order valence-electron chi connectivity index (χ0n) is 9.62. The van der Waals surface area contributed by atoms with Gasteiger partial charge in [0.15, 0.2) is 5.15 Å². The van der Waals surface area contributed by atoms with Crippen LogP contribution in [-0.2, 0) is 0 Å². The fraction of sp³-hybridized carbons (Fsp3) is 0.182. The molecule has 0 aliphatic carbocycles. The number of nitrogens with zero attached hydrogens (tertiary/aromatic N) is 2. The normalized spacial score (nSPS) is 12.2. The lowest BCUT2D eigenvalue weighted by Gasteiger charge is -2.05. The van der Waals surface area contributed by atoms with Crippen molar-refractivity contribution >= 4 is 40.6 Å². The smallest absolute Gasteiger partial charge is 0.268 e. The van der Waals surface area contributed by atoms with Crippen LogP contribution in [0, 0.1) is 11.3 Å². The summed E-state index contributed by atoms with van der Waals surface area (Å²) in [5, 5.41) is 11.6.